The Bertz CT molecular complexity index is 1990. The van der Waals surface area contributed by atoms with E-state index in [4.69, 9.17) is 15.5 Å². The van der Waals surface area contributed by atoms with Crippen LogP contribution in [0.1, 0.15) is 36.0 Å². The molecule has 2 aliphatic carbocycles. The third-order valence-electron chi connectivity index (χ3n) is 9.93. The zero-order valence-corrected chi connectivity index (χ0v) is 24.6. The third-order valence-corrected chi connectivity index (χ3v) is 9.93. The molecule has 3 heterocycles. The van der Waals surface area contributed by atoms with Crippen LogP contribution in [0.5, 0.6) is 11.5 Å². The first-order valence-corrected chi connectivity index (χ1v) is 15.2. The smallest absolute Gasteiger partial charge is 0.254 e. The van der Waals surface area contributed by atoms with Crippen LogP contribution in [0, 0.1) is 23.5 Å². The summed E-state index contributed by atoms with van der Waals surface area (Å²) in [7, 11) is 3.51. The number of benzene rings is 3. The second kappa shape index (κ2) is 9.79. The van der Waals surface area contributed by atoms with Crippen molar-refractivity contribution in [1.29, 1.82) is 0 Å². The summed E-state index contributed by atoms with van der Waals surface area (Å²) in [6.07, 6.45) is 4.17. The molecule has 1 saturated heterocycles. The van der Waals surface area contributed by atoms with Crippen molar-refractivity contribution in [1.82, 2.24) is 19.0 Å². The number of halogens is 2. The van der Waals surface area contributed by atoms with Gasteiger partial charge in [-0.05, 0) is 61.8 Å². The van der Waals surface area contributed by atoms with Crippen LogP contribution < -0.4 is 10.5 Å². The van der Waals surface area contributed by atoms with E-state index in [-0.39, 0.29) is 23.6 Å². The van der Waals surface area contributed by atoms with Gasteiger partial charge in [0.15, 0.2) is 17.4 Å². The molecule has 1 amide bonds. The molecule has 2 bridgehead atoms. The Kier molecular flexibility index (Phi) is 6.03. The highest BCUT2D eigenvalue weighted by Gasteiger charge is 2.47. The average Bonchev–Trinajstić information content (AvgIpc) is 3.40. The van der Waals surface area contributed by atoms with Crippen molar-refractivity contribution in [3.05, 3.63) is 65.7 Å². The fourth-order valence-corrected chi connectivity index (χ4v) is 7.48. The molecule has 0 spiro atoms. The number of nitrogens with two attached hydrogens (primary N) is 1. The zero-order chi connectivity index (χ0) is 30.4. The topological polar surface area (TPSA) is 98.5 Å². The number of phenolic OH excluding ortho intramolecular Hbond substituents is 1. The number of imidazole rings is 1. The van der Waals surface area contributed by atoms with Crippen molar-refractivity contribution in [3.63, 3.8) is 0 Å². The van der Waals surface area contributed by atoms with E-state index in [0.717, 1.165) is 59.9 Å². The zero-order valence-electron chi connectivity index (χ0n) is 24.6. The normalized spacial score (nSPS) is 21.2. The lowest BCUT2D eigenvalue weighted by atomic mass is 10.0. The number of phenols is 1. The molecule has 3 aromatic carbocycles. The number of rotatable bonds is 6. The Morgan fingerprint density at radius 2 is 1.86 bits per heavy atom. The van der Waals surface area contributed by atoms with Gasteiger partial charge in [-0.15, -0.1) is 0 Å². The van der Waals surface area contributed by atoms with Crippen molar-refractivity contribution in [2.75, 3.05) is 13.7 Å². The molecule has 8 nitrogen and oxygen atoms in total. The first-order valence-electron chi connectivity index (χ1n) is 15.2. The standard InChI is InChI=1S/C34H33F2N5O3/c1-39-32-25(10-20(12-29(32)44-2)34(43)41-16-19-8-9-26(41)30(19)37)38-33(39)27-11-18-4-3-5-21(31(18)40(27)15-17-6-7-17)22-13-24(36)28(42)14-23(22)35/h3-5,10-14,17,19,26,30,42H,6-9,15-16,37H2,1-2H3/t19-,26-,30-/m1/s1. The van der Waals surface area contributed by atoms with Gasteiger partial charge < -0.3 is 29.6 Å². The quantitative estimate of drug-likeness (QED) is 0.257. The maximum atomic E-state index is 15.1. The van der Waals surface area contributed by atoms with Crippen molar-refractivity contribution in [3.8, 4) is 34.1 Å². The highest BCUT2D eigenvalue weighted by Crippen LogP contribution is 2.42. The highest BCUT2D eigenvalue weighted by molar-refractivity contribution is 6.01. The predicted molar refractivity (Wildman–Crippen MR) is 163 cm³/mol. The SMILES string of the molecule is COc1cc(C(=O)N2C[C@H]3CC[C@@H]2[C@@H]3N)cc2nc(-c3cc4cccc(-c5cc(F)c(O)cc5F)c4n3CC3CC3)n(C)c12. The molecule has 0 radical (unpaired) electrons. The number of aryl methyl sites for hydroxylation is 1. The van der Waals surface area contributed by atoms with Gasteiger partial charge in [0, 0.05) is 60.4 Å². The number of aromatic nitrogens is 3. The summed E-state index contributed by atoms with van der Waals surface area (Å²) < 4.78 is 39.5. The molecule has 3 atom stereocenters. The molecule has 2 aromatic heterocycles. The number of likely N-dealkylation sites (tertiary alicyclic amines) is 1. The lowest BCUT2D eigenvalue weighted by Crippen LogP contribution is -2.41. The Balaban J connectivity index is 1.29. The number of hydrogen-bond acceptors (Lipinski definition) is 5. The molecule has 3 fully saturated rings. The predicted octanol–water partition coefficient (Wildman–Crippen LogP) is 5.83. The number of aromatic hydroxyl groups is 1. The molecule has 1 aliphatic heterocycles. The number of fused-ring (bicyclic) bond motifs is 4. The minimum atomic E-state index is -0.879. The Hall–Kier alpha value is -4.44. The summed E-state index contributed by atoms with van der Waals surface area (Å²) in [4.78, 5) is 20.7. The fourth-order valence-electron chi connectivity index (χ4n) is 7.48. The number of amides is 1. The molecule has 3 N–H and O–H groups in total. The van der Waals surface area contributed by atoms with Gasteiger partial charge in [0.25, 0.3) is 5.91 Å². The minimum absolute atomic E-state index is 0.0239. The molecular weight excluding hydrogens is 564 g/mol. The van der Waals surface area contributed by atoms with Crippen LogP contribution in [0.4, 0.5) is 8.78 Å². The van der Waals surface area contributed by atoms with Gasteiger partial charge >= 0.3 is 0 Å². The molecular formula is C34H33F2N5O3. The van der Waals surface area contributed by atoms with Crippen LogP contribution >= 0.6 is 0 Å². The second-order valence-corrected chi connectivity index (χ2v) is 12.6. The van der Waals surface area contributed by atoms with Crippen molar-refractivity contribution >= 4 is 27.8 Å². The van der Waals surface area contributed by atoms with Gasteiger partial charge in [0.2, 0.25) is 0 Å². The van der Waals surface area contributed by atoms with E-state index in [9.17, 15) is 14.3 Å². The summed E-state index contributed by atoms with van der Waals surface area (Å²) in [6.45, 7) is 1.37. The molecule has 8 rings (SSSR count). The van der Waals surface area contributed by atoms with E-state index in [0.29, 0.717) is 53.1 Å². The summed E-state index contributed by atoms with van der Waals surface area (Å²) in [5.74, 6) is -0.326. The van der Waals surface area contributed by atoms with E-state index in [1.54, 1.807) is 19.2 Å². The van der Waals surface area contributed by atoms with Crippen LogP contribution in [0.15, 0.2) is 48.5 Å². The number of carbonyl (C=O) groups excluding carboxylic acids is 1. The maximum absolute atomic E-state index is 15.1. The molecule has 3 aliphatic rings. The lowest BCUT2D eigenvalue weighted by molar-refractivity contribution is 0.0700. The third kappa shape index (κ3) is 4.03. The van der Waals surface area contributed by atoms with Crippen molar-refractivity contribution in [2.24, 2.45) is 24.6 Å². The van der Waals surface area contributed by atoms with Crippen LogP contribution in [0.2, 0.25) is 0 Å². The van der Waals surface area contributed by atoms with E-state index >= 15 is 4.39 Å². The first-order chi connectivity index (χ1) is 21.2. The highest BCUT2D eigenvalue weighted by atomic mass is 19.1. The van der Waals surface area contributed by atoms with Crippen LogP contribution in [-0.4, -0.2) is 55.8 Å². The summed E-state index contributed by atoms with van der Waals surface area (Å²) in [6, 6.07) is 13.1. The molecule has 5 aromatic rings. The molecule has 2 saturated carbocycles. The van der Waals surface area contributed by atoms with Gasteiger partial charge in [-0.3, -0.25) is 4.79 Å². The maximum Gasteiger partial charge on any atom is 0.254 e. The number of ether oxygens (including phenoxy) is 1. The second-order valence-electron chi connectivity index (χ2n) is 12.6. The number of methoxy groups -OCH3 is 1. The van der Waals surface area contributed by atoms with Crippen molar-refractivity contribution in [2.45, 2.75) is 44.3 Å². The number of piperidine rings is 1. The van der Waals surface area contributed by atoms with Crippen LogP contribution in [0.3, 0.4) is 0 Å². The molecule has 10 heteroatoms. The molecule has 44 heavy (non-hydrogen) atoms. The molecule has 226 valence electrons. The van der Waals surface area contributed by atoms with E-state index in [1.165, 1.54) is 0 Å². The van der Waals surface area contributed by atoms with Gasteiger partial charge in [-0.1, -0.05) is 18.2 Å². The lowest BCUT2D eigenvalue weighted by Gasteiger charge is -2.27. The Morgan fingerprint density at radius 3 is 2.57 bits per heavy atom. The average molecular weight is 598 g/mol. The Labute approximate surface area is 252 Å². The summed E-state index contributed by atoms with van der Waals surface area (Å²) >= 11 is 0. The largest absolute Gasteiger partial charge is 0.505 e. The van der Waals surface area contributed by atoms with Gasteiger partial charge in [0.05, 0.1) is 23.8 Å². The van der Waals surface area contributed by atoms with Crippen LogP contribution in [0.25, 0.3) is 44.6 Å². The summed E-state index contributed by atoms with van der Waals surface area (Å²) in [5, 5.41) is 10.6. The number of nitrogens with zero attached hydrogens (tertiary/aromatic N) is 4. The monoisotopic (exact) mass is 597 g/mol. The van der Waals surface area contributed by atoms with Crippen molar-refractivity contribution < 1.29 is 23.4 Å². The van der Waals surface area contributed by atoms with Gasteiger partial charge in [0.1, 0.15) is 17.1 Å². The summed E-state index contributed by atoms with van der Waals surface area (Å²) in [5.41, 5.74) is 10.5. The Morgan fingerprint density at radius 1 is 1.05 bits per heavy atom. The van der Waals surface area contributed by atoms with E-state index in [2.05, 4.69) is 4.57 Å². The van der Waals surface area contributed by atoms with E-state index in [1.807, 2.05) is 40.8 Å². The minimum Gasteiger partial charge on any atom is -0.505 e. The fraction of sp³-hybridized carbons (Fsp3) is 0.353. The number of carbonyl (C=O) groups is 1. The first kappa shape index (κ1) is 27.1. The van der Waals surface area contributed by atoms with Crippen LogP contribution in [-0.2, 0) is 13.6 Å². The van der Waals surface area contributed by atoms with Gasteiger partial charge in [-0.25, -0.2) is 13.8 Å². The van der Waals surface area contributed by atoms with E-state index < -0.39 is 17.4 Å². The van der Waals surface area contributed by atoms with Gasteiger partial charge in [-0.2, -0.15) is 0 Å². The number of hydrogen-bond donors (Lipinski definition) is 2. The number of para-hydroxylation sites is 1. The molecule has 0 unspecified atom stereocenters.